The van der Waals surface area contributed by atoms with E-state index in [0.29, 0.717) is 50.8 Å². The first-order chi connectivity index (χ1) is 17.1. The number of pyridine rings is 2. The predicted molar refractivity (Wildman–Crippen MR) is 135 cm³/mol. The first-order valence-corrected chi connectivity index (χ1v) is 11.9. The molecular weight excluding hydrogens is 488 g/mol. The third-order valence-corrected chi connectivity index (χ3v) is 6.33. The highest BCUT2D eigenvalue weighted by molar-refractivity contribution is 7.15. The fourth-order valence-corrected chi connectivity index (χ4v) is 4.58. The zero-order valence-corrected chi connectivity index (χ0v) is 19.8. The third-order valence-electron chi connectivity index (χ3n) is 5.11. The second-order valence-electron chi connectivity index (χ2n) is 7.55. The van der Waals surface area contributed by atoms with Gasteiger partial charge in [-0.25, -0.2) is 4.98 Å². The van der Waals surface area contributed by atoms with E-state index in [2.05, 4.69) is 30.5 Å². The number of aliphatic carboxylic acids is 1. The number of carbonyl (C=O) groups is 1. The van der Waals surface area contributed by atoms with Gasteiger partial charge in [0.05, 0.1) is 23.7 Å². The van der Waals surface area contributed by atoms with Gasteiger partial charge in [0.15, 0.2) is 10.9 Å². The molecule has 176 valence electrons. The summed E-state index contributed by atoms with van der Waals surface area (Å²) in [4.78, 5) is 24.7. The molecule has 3 N–H and O–H groups in total. The summed E-state index contributed by atoms with van der Waals surface area (Å²) < 4.78 is 6.15. The van der Waals surface area contributed by atoms with Crippen LogP contribution in [0.25, 0.3) is 22.2 Å². The molecule has 0 unspecified atom stereocenters. The molecule has 4 heterocycles. The van der Waals surface area contributed by atoms with Gasteiger partial charge in [0.1, 0.15) is 11.3 Å². The van der Waals surface area contributed by atoms with Crippen LogP contribution in [-0.4, -0.2) is 42.8 Å². The number of hydrogen-bond acceptors (Lipinski definition) is 8. The number of hydrogen-bond donors (Lipinski definition) is 3. The van der Waals surface area contributed by atoms with Crippen molar-refractivity contribution in [3.63, 3.8) is 0 Å². The molecule has 0 saturated carbocycles. The summed E-state index contributed by atoms with van der Waals surface area (Å²) in [6.07, 6.45) is 5.53. The molecule has 0 atom stereocenters. The van der Waals surface area contributed by atoms with E-state index in [-0.39, 0.29) is 6.42 Å². The highest BCUT2D eigenvalue weighted by atomic mass is 35.5. The number of thiazole rings is 1. The number of rotatable bonds is 9. The van der Waals surface area contributed by atoms with Crippen molar-refractivity contribution in [2.75, 3.05) is 11.9 Å². The maximum atomic E-state index is 11.0. The Morgan fingerprint density at radius 1 is 1.14 bits per heavy atom. The van der Waals surface area contributed by atoms with Crippen LogP contribution in [0.4, 0.5) is 10.9 Å². The molecule has 0 spiro atoms. The van der Waals surface area contributed by atoms with Crippen molar-refractivity contribution < 1.29 is 14.6 Å². The zero-order valence-electron chi connectivity index (χ0n) is 18.2. The Bertz CT molecular complexity index is 1490. The first-order valence-electron chi connectivity index (χ1n) is 10.7. The highest BCUT2D eigenvalue weighted by Crippen LogP contribution is 2.37. The molecule has 35 heavy (non-hydrogen) atoms. The number of ether oxygens (including phenoxy) is 1. The highest BCUT2D eigenvalue weighted by Gasteiger charge is 2.17. The van der Waals surface area contributed by atoms with Gasteiger partial charge in [0.2, 0.25) is 0 Å². The minimum Gasteiger partial charge on any atom is -0.491 e. The Morgan fingerprint density at radius 3 is 2.83 bits per heavy atom. The van der Waals surface area contributed by atoms with E-state index in [9.17, 15) is 4.79 Å². The van der Waals surface area contributed by atoms with Crippen molar-refractivity contribution in [2.45, 2.75) is 12.8 Å². The number of halogens is 1. The molecule has 4 aromatic heterocycles. The minimum absolute atomic E-state index is 0.0861. The topological polar surface area (TPSA) is 126 Å². The molecular formula is C24H19ClN6O3S. The van der Waals surface area contributed by atoms with E-state index in [1.165, 1.54) is 11.3 Å². The number of benzene rings is 1. The Balaban J connectivity index is 1.49. The van der Waals surface area contributed by atoms with Crippen molar-refractivity contribution in [3.05, 3.63) is 76.6 Å². The van der Waals surface area contributed by atoms with Crippen LogP contribution < -0.4 is 10.1 Å². The third kappa shape index (κ3) is 5.23. The SMILES string of the molecule is O=C(O)Cc1cnc(Nc2n[nH]c3c(OCCc4ccccn4)cc(-c4ncccc4Cl)cc23)s1. The van der Waals surface area contributed by atoms with Gasteiger partial charge in [-0.15, -0.1) is 11.3 Å². The van der Waals surface area contributed by atoms with Crippen molar-refractivity contribution in [2.24, 2.45) is 0 Å². The van der Waals surface area contributed by atoms with Gasteiger partial charge in [0, 0.05) is 46.5 Å². The summed E-state index contributed by atoms with van der Waals surface area (Å²) in [5.74, 6) is 0.218. The quantitative estimate of drug-likeness (QED) is 0.251. The monoisotopic (exact) mass is 506 g/mol. The zero-order chi connectivity index (χ0) is 24.2. The lowest BCUT2D eigenvalue weighted by atomic mass is 10.1. The van der Waals surface area contributed by atoms with E-state index in [1.807, 2.05) is 30.3 Å². The van der Waals surface area contributed by atoms with Crippen LogP contribution in [0.2, 0.25) is 5.02 Å². The lowest BCUT2D eigenvalue weighted by Crippen LogP contribution is -2.03. The normalized spacial score (nSPS) is 11.0. The first kappa shape index (κ1) is 22.8. The Morgan fingerprint density at radius 2 is 2.03 bits per heavy atom. The van der Waals surface area contributed by atoms with Crippen LogP contribution >= 0.6 is 22.9 Å². The molecule has 0 aliphatic heterocycles. The Hall–Kier alpha value is -4.02. The maximum Gasteiger partial charge on any atom is 0.308 e. The lowest BCUT2D eigenvalue weighted by Gasteiger charge is -2.11. The molecule has 5 aromatic rings. The molecule has 0 aliphatic carbocycles. The van der Waals surface area contributed by atoms with E-state index in [0.717, 1.165) is 16.6 Å². The van der Waals surface area contributed by atoms with Gasteiger partial charge in [0.25, 0.3) is 0 Å². The van der Waals surface area contributed by atoms with E-state index in [1.54, 1.807) is 30.7 Å². The van der Waals surface area contributed by atoms with Gasteiger partial charge in [-0.3, -0.25) is 19.9 Å². The van der Waals surface area contributed by atoms with Crippen molar-refractivity contribution >= 4 is 50.8 Å². The predicted octanol–water partition coefficient (Wildman–Crippen LogP) is 5.12. The van der Waals surface area contributed by atoms with Crippen LogP contribution in [0.5, 0.6) is 5.75 Å². The summed E-state index contributed by atoms with van der Waals surface area (Å²) >= 11 is 7.69. The molecule has 0 bridgehead atoms. The average molecular weight is 507 g/mol. The average Bonchev–Trinajstić information content (AvgIpc) is 3.46. The summed E-state index contributed by atoms with van der Waals surface area (Å²) in [7, 11) is 0. The smallest absolute Gasteiger partial charge is 0.308 e. The Kier molecular flexibility index (Phi) is 6.55. The number of nitrogens with one attached hydrogen (secondary N) is 2. The summed E-state index contributed by atoms with van der Waals surface area (Å²) in [6.45, 7) is 0.415. The number of carboxylic acid groups (broad SMARTS) is 1. The van der Waals surface area contributed by atoms with Gasteiger partial charge < -0.3 is 15.2 Å². The number of fused-ring (bicyclic) bond motifs is 1. The molecule has 0 fully saturated rings. The molecule has 1 aromatic carbocycles. The van der Waals surface area contributed by atoms with Crippen molar-refractivity contribution in [1.82, 2.24) is 25.1 Å². The van der Waals surface area contributed by atoms with E-state index in [4.69, 9.17) is 21.4 Å². The maximum absolute atomic E-state index is 11.0. The Labute approximate surface area is 208 Å². The van der Waals surface area contributed by atoms with Crippen molar-refractivity contribution in [3.8, 4) is 17.0 Å². The van der Waals surface area contributed by atoms with Crippen LogP contribution in [0.15, 0.2) is 61.1 Å². The van der Waals surface area contributed by atoms with Crippen LogP contribution in [-0.2, 0) is 17.6 Å². The molecule has 9 nitrogen and oxygen atoms in total. The van der Waals surface area contributed by atoms with E-state index >= 15 is 0 Å². The van der Waals surface area contributed by atoms with Crippen molar-refractivity contribution in [1.29, 1.82) is 0 Å². The molecule has 0 amide bonds. The fraction of sp³-hybridized carbons (Fsp3) is 0.125. The van der Waals surface area contributed by atoms with Crippen LogP contribution in [0.3, 0.4) is 0 Å². The molecule has 0 aliphatic rings. The standard InChI is InChI=1S/C24H19ClN6O3S/c25-18-5-3-8-27-21(18)14-10-17-22(19(11-14)34-9-6-15-4-1-2-7-26-15)30-31-23(17)29-24-28-13-16(35-24)12-20(32)33/h1-5,7-8,10-11,13H,6,9,12H2,(H,32,33)(H2,28,29,30,31). The minimum atomic E-state index is -0.908. The molecule has 11 heteroatoms. The van der Waals surface area contributed by atoms with E-state index < -0.39 is 5.97 Å². The lowest BCUT2D eigenvalue weighted by molar-refractivity contribution is -0.136. The summed E-state index contributed by atoms with van der Waals surface area (Å²) in [5, 5.41) is 21.4. The van der Waals surface area contributed by atoms with Gasteiger partial charge >= 0.3 is 5.97 Å². The van der Waals surface area contributed by atoms with Gasteiger partial charge in [-0.05, 0) is 36.4 Å². The largest absolute Gasteiger partial charge is 0.491 e. The number of anilines is 2. The second-order valence-corrected chi connectivity index (χ2v) is 9.07. The number of carboxylic acids is 1. The number of aromatic amines is 1. The van der Waals surface area contributed by atoms with Crippen LogP contribution in [0, 0.1) is 0 Å². The van der Waals surface area contributed by atoms with Gasteiger partial charge in [-0.1, -0.05) is 17.7 Å². The second kappa shape index (κ2) is 10.1. The molecule has 0 saturated heterocycles. The summed E-state index contributed by atoms with van der Waals surface area (Å²) in [5.41, 5.74) is 3.02. The molecule has 5 rings (SSSR count). The summed E-state index contributed by atoms with van der Waals surface area (Å²) in [6, 6.07) is 13.1. The van der Waals surface area contributed by atoms with Gasteiger partial charge in [-0.2, -0.15) is 5.10 Å². The molecule has 0 radical (unpaired) electrons. The fourth-order valence-electron chi connectivity index (χ4n) is 3.54. The van der Waals surface area contributed by atoms with Crippen LogP contribution in [0.1, 0.15) is 10.6 Å². The number of aromatic nitrogens is 5. The number of nitrogens with zero attached hydrogens (tertiary/aromatic N) is 4. The number of H-pyrrole nitrogens is 1.